The molecule has 1 amide bonds. The molecule has 1 heterocycles. The van der Waals surface area contributed by atoms with Crippen LogP contribution in [0.1, 0.15) is 0 Å². The van der Waals surface area contributed by atoms with Crippen molar-refractivity contribution in [2.75, 3.05) is 23.3 Å². The molecule has 0 spiro atoms. The number of nitrogens with zero attached hydrogens (tertiary/aromatic N) is 1. The van der Waals surface area contributed by atoms with Gasteiger partial charge in [-0.2, -0.15) is 0 Å². The number of anilines is 2. The minimum Gasteiger partial charge on any atom is -0.494 e. The van der Waals surface area contributed by atoms with Crippen LogP contribution < -0.4 is 14.4 Å². The van der Waals surface area contributed by atoms with Gasteiger partial charge in [-0.15, -0.1) is 0 Å². The zero-order chi connectivity index (χ0) is 19.2. The maximum absolute atomic E-state index is 13.8. The molecule has 8 heteroatoms. The SMILES string of the molecule is COc1ccc(NC(=O)CN2c3cccc4cccc(c34)S2(=O)=O)cc1F. The highest BCUT2D eigenvalue weighted by Gasteiger charge is 2.36. The molecule has 27 heavy (non-hydrogen) atoms. The molecule has 4 rings (SSSR count). The molecule has 0 unspecified atom stereocenters. The van der Waals surface area contributed by atoms with Crippen LogP contribution in [-0.4, -0.2) is 28.0 Å². The molecule has 1 aliphatic heterocycles. The van der Waals surface area contributed by atoms with Crippen molar-refractivity contribution < 1.29 is 22.3 Å². The fraction of sp³-hybridized carbons (Fsp3) is 0.105. The summed E-state index contributed by atoms with van der Waals surface area (Å²) in [5, 5.41) is 3.90. The van der Waals surface area contributed by atoms with Gasteiger partial charge in [0.15, 0.2) is 11.6 Å². The number of hydrogen-bond donors (Lipinski definition) is 1. The molecule has 0 aromatic heterocycles. The molecular weight excluding hydrogens is 371 g/mol. The summed E-state index contributed by atoms with van der Waals surface area (Å²) in [6.45, 7) is -0.413. The van der Waals surface area contributed by atoms with Gasteiger partial charge in [0.2, 0.25) is 5.91 Å². The topological polar surface area (TPSA) is 75.7 Å². The quantitative estimate of drug-likeness (QED) is 0.748. The summed E-state index contributed by atoms with van der Waals surface area (Å²) in [4.78, 5) is 12.6. The van der Waals surface area contributed by atoms with Crippen LogP contribution >= 0.6 is 0 Å². The first-order valence-corrected chi connectivity index (χ1v) is 9.54. The second-order valence-electron chi connectivity index (χ2n) is 6.04. The number of sulfonamides is 1. The first-order valence-electron chi connectivity index (χ1n) is 8.09. The molecule has 138 valence electrons. The van der Waals surface area contributed by atoms with Crippen LogP contribution in [0.3, 0.4) is 0 Å². The lowest BCUT2D eigenvalue weighted by Crippen LogP contribution is -2.35. The molecule has 0 radical (unpaired) electrons. The lowest BCUT2D eigenvalue weighted by molar-refractivity contribution is -0.114. The number of ether oxygens (including phenoxy) is 1. The fourth-order valence-electron chi connectivity index (χ4n) is 3.20. The van der Waals surface area contributed by atoms with Gasteiger partial charge in [-0.1, -0.05) is 24.3 Å². The monoisotopic (exact) mass is 386 g/mol. The van der Waals surface area contributed by atoms with Crippen molar-refractivity contribution in [2.45, 2.75) is 4.90 Å². The van der Waals surface area contributed by atoms with E-state index < -0.39 is 28.3 Å². The molecule has 0 bridgehead atoms. The van der Waals surface area contributed by atoms with Gasteiger partial charge in [0, 0.05) is 17.1 Å². The second-order valence-corrected chi connectivity index (χ2v) is 7.87. The Bertz CT molecular complexity index is 1170. The third-order valence-corrected chi connectivity index (χ3v) is 6.21. The van der Waals surface area contributed by atoms with E-state index in [1.165, 1.54) is 25.3 Å². The van der Waals surface area contributed by atoms with E-state index in [-0.39, 0.29) is 16.3 Å². The standard InChI is InChI=1S/C19H15FN2O4S/c1-26-16-9-8-13(10-14(16)20)21-18(23)11-22-15-6-2-4-12-5-3-7-17(19(12)15)27(22,24)25/h2-10H,11H2,1H3,(H,21,23). The van der Waals surface area contributed by atoms with E-state index in [2.05, 4.69) is 5.32 Å². The van der Waals surface area contributed by atoms with Gasteiger partial charge in [-0.25, -0.2) is 12.8 Å². The van der Waals surface area contributed by atoms with Crippen molar-refractivity contribution in [1.82, 2.24) is 0 Å². The second kappa shape index (κ2) is 6.24. The van der Waals surface area contributed by atoms with Crippen LogP contribution in [-0.2, 0) is 14.8 Å². The van der Waals surface area contributed by atoms with Gasteiger partial charge in [0.25, 0.3) is 10.0 Å². The first kappa shape index (κ1) is 17.3. The molecule has 0 aliphatic carbocycles. The van der Waals surface area contributed by atoms with Crippen LogP contribution in [0, 0.1) is 5.82 Å². The molecule has 0 fully saturated rings. The zero-order valence-corrected chi connectivity index (χ0v) is 15.1. The smallest absolute Gasteiger partial charge is 0.265 e. The summed E-state index contributed by atoms with van der Waals surface area (Å²) >= 11 is 0. The van der Waals surface area contributed by atoms with E-state index in [1.807, 2.05) is 12.1 Å². The van der Waals surface area contributed by atoms with E-state index >= 15 is 0 Å². The summed E-state index contributed by atoms with van der Waals surface area (Å²) < 4.78 is 45.4. The molecule has 1 aliphatic rings. The first-order chi connectivity index (χ1) is 12.9. The molecule has 0 saturated heterocycles. The summed E-state index contributed by atoms with van der Waals surface area (Å²) in [6.07, 6.45) is 0. The summed E-state index contributed by atoms with van der Waals surface area (Å²) in [6, 6.07) is 14.2. The van der Waals surface area contributed by atoms with Crippen LogP contribution in [0.2, 0.25) is 0 Å². The third-order valence-electron chi connectivity index (χ3n) is 4.40. The predicted molar refractivity (Wildman–Crippen MR) is 100 cm³/mol. The van der Waals surface area contributed by atoms with Crippen molar-refractivity contribution in [3.8, 4) is 5.75 Å². The highest BCUT2D eigenvalue weighted by atomic mass is 32.2. The van der Waals surface area contributed by atoms with Gasteiger partial charge in [0.1, 0.15) is 6.54 Å². The minimum atomic E-state index is -3.83. The highest BCUT2D eigenvalue weighted by molar-refractivity contribution is 7.93. The van der Waals surface area contributed by atoms with Crippen LogP contribution in [0.25, 0.3) is 10.8 Å². The number of carbonyl (C=O) groups is 1. The Kier molecular flexibility index (Phi) is 4.00. The number of halogens is 1. The Morgan fingerprint density at radius 3 is 2.59 bits per heavy atom. The van der Waals surface area contributed by atoms with Crippen molar-refractivity contribution >= 4 is 38.1 Å². The van der Waals surface area contributed by atoms with E-state index in [9.17, 15) is 17.6 Å². The minimum absolute atomic E-state index is 0.0530. The van der Waals surface area contributed by atoms with Gasteiger partial charge >= 0.3 is 0 Å². The number of benzene rings is 3. The number of rotatable bonds is 4. The van der Waals surface area contributed by atoms with Crippen molar-refractivity contribution in [2.24, 2.45) is 0 Å². The highest BCUT2D eigenvalue weighted by Crippen LogP contribution is 2.41. The zero-order valence-electron chi connectivity index (χ0n) is 14.3. The predicted octanol–water partition coefficient (Wildman–Crippen LogP) is 3.13. The van der Waals surface area contributed by atoms with E-state index in [0.29, 0.717) is 11.1 Å². The van der Waals surface area contributed by atoms with Gasteiger partial charge < -0.3 is 10.1 Å². The Balaban J connectivity index is 1.63. The molecule has 3 aromatic rings. The fourth-order valence-corrected chi connectivity index (χ4v) is 4.87. The Morgan fingerprint density at radius 2 is 1.89 bits per heavy atom. The van der Waals surface area contributed by atoms with Crippen LogP contribution in [0.4, 0.5) is 15.8 Å². The lowest BCUT2D eigenvalue weighted by atomic mass is 10.1. The largest absolute Gasteiger partial charge is 0.494 e. The maximum Gasteiger partial charge on any atom is 0.265 e. The molecule has 1 N–H and O–H groups in total. The third kappa shape index (κ3) is 2.78. The number of amides is 1. The Labute approximate surface area is 155 Å². The van der Waals surface area contributed by atoms with E-state index in [4.69, 9.17) is 4.74 Å². The normalized spacial score (nSPS) is 14.4. The molecule has 0 atom stereocenters. The van der Waals surface area contributed by atoms with Crippen molar-refractivity contribution in [3.63, 3.8) is 0 Å². The molecule has 3 aromatic carbocycles. The van der Waals surface area contributed by atoms with Gasteiger partial charge in [0.05, 0.1) is 17.7 Å². The summed E-state index contributed by atoms with van der Waals surface area (Å²) in [5.41, 5.74) is 0.671. The molecule has 6 nitrogen and oxygen atoms in total. The number of methoxy groups -OCH3 is 1. The lowest BCUT2D eigenvalue weighted by Gasteiger charge is -2.18. The average Bonchev–Trinajstić information content (AvgIpc) is 2.85. The van der Waals surface area contributed by atoms with E-state index in [0.717, 1.165) is 15.8 Å². The number of nitrogens with one attached hydrogen (secondary N) is 1. The van der Waals surface area contributed by atoms with Crippen LogP contribution in [0.5, 0.6) is 5.75 Å². The average molecular weight is 386 g/mol. The maximum atomic E-state index is 13.8. The molecule has 0 saturated carbocycles. The van der Waals surface area contributed by atoms with Crippen molar-refractivity contribution in [3.05, 3.63) is 60.4 Å². The number of hydrogen-bond acceptors (Lipinski definition) is 4. The summed E-state index contributed by atoms with van der Waals surface area (Å²) in [7, 11) is -2.49. The number of carbonyl (C=O) groups excluding carboxylic acids is 1. The summed E-state index contributed by atoms with van der Waals surface area (Å²) in [5.74, 6) is -1.15. The van der Waals surface area contributed by atoms with Gasteiger partial charge in [-0.05, 0) is 29.7 Å². The van der Waals surface area contributed by atoms with Gasteiger partial charge in [-0.3, -0.25) is 9.10 Å². The van der Waals surface area contributed by atoms with E-state index in [1.54, 1.807) is 18.2 Å². The Hall–Kier alpha value is -3.13. The van der Waals surface area contributed by atoms with Crippen molar-refractivity contribution in [1.29, 1.82) is 0 Å². The molecular formula is C19H15FN2O4S. The Morgan fingerprint density at radius 1 is 1.15 bits per heavy atom. The van der Waals surface area contributed by atoms with Crippen LogP contribution in [0.15, 0.2) is 59.5 Å².